The Morgan fingerprint density at radius 2 is 2.09 bits per heavy atom. The van der Waals surface area contributed by atoms with Crippen molar-refractivity contribution in [2.75, 3.05) is 18.6 Å². The molecule has 0 saturated heterocycles. The molecule has 2 aliphatic carbocycles. The molecule has 2 aliphatic rings. The predicted octanol–water partition coefficient (Wildman–Crippen LogP) is 5.44. The fourth-order valence-corrected chi connectivity index (χ4v) is 5.97. The second-order valence-electron chi connectivity index (χ2n) is 11.1. The molecule has 1 fully saturated rings. The first kappa shape index (κ1) is 27.5. The van der Waals surface area contributed by atoms with Gasteiger partial charge in [0.05, 0.1) is 12.2 Å². The van der Waals surface area contributed by atoms with Gasteiger partial charge in [0.15, 0.2) is 0 Å². The summed E-state index contributed by atoms with van der Waals surface area (Å²) < 4.78 is 0. The second kappa shape index (κ2) is 12.6. The highest BCUT2D eigenvalue weighted by molar-refractivity contribution is 7.99. The summed E-state index contributed by atoms with van der Waals surface area (Å²) in [6, 6.07) is 0. The minimum atomic E-state index is -0.415. The number of allylic oxidation sites excluding steroid dienone is 1. The Kier molecular flexibility index (Phi) is 10.8. The zero-order valence-corrected chi connectivity index (χ0v) is 22.0. The number of carbonyl (C=O) groups excluding carboxylic acids is 1. The van der Waals surface area contributed by atoms with Crippen molar-refractivity contribution in [1.82, 2.24) is 4.90 Å². The van der Waals surface area contributed by atoms with E-state index in [9.17, 15) is 15.0 Å². The maximum atomic E-state index is 12.3. The van der Waals surface area contributed by atoms with Crippen molar-refractivity contribution in [2.45, 2.75) is 97.3 Å². The molecule has 184 valence electrons. The van der Waals surface area contributed by atoms with Crippen LogP contribution < -0.4 is 0 Å². The Bertz CT molecular complexity index is 654. The second-order valence-corrected chi connectivity index (χ2v) is 12.2. The first-order valence-corrected chi connectivity index (χ1v) is 13.8. The number of thioether (sulfide) groups is 1. The Labute approximate surface area is 200 Å². The summed E-state index contributed by atoms with van der Waals surface area (Å²) in [6.07, 6.45) is 12.5. The van der Waals surface area contributed by atoms with E-state index in [-0.39, 0.29) is 23.5 Å². The lowest BCUT2D eigenvalue weighted by Crippen LogP contribution is -2.42. The van der Waals surface area contributed by atoms with Crippen LogP contribution in [0.3, 0.4) is 0 Å². The number of carbonyl (C=O) groups is 1. The van der Waals surface area contributed by atoms with Crippen LogP contribution in [0.15, 0.2) is 23.8 Å². The number of rotatable bonds is 12. The zero-order chi connectivity index (χ0) is 23.9. The van der Waals surface area contributed by atoms with Crippen molar-refractivity contribution in [1.29, 1.82) is 0 Å². The first-order valence-electron chi connectivity index (χ1n) is 12.6. The third-order valence-electron chi connectivity index (χ3n) is 7.33. The van der Waals surface area contributed by atoms with Crippen molar-refractivity contribution in [2.24, 2.45) is 23.7 Å². The van der Waals surface area contributed by atoms with Crippen molar-refractivity contribution in [3.63, 3.8) is 0 Å². The summed E-state index contributed by atoms with van der Waals surface area (Å²) >= 11 is 1.84. The van der Waals surface area contributed by atoms with E-state index in [0.717, 1.165) is 30.8 Å². The molecule has 4 nitrogen and oxygen atoms in total. The lowest BCUT2D eigenvalue weighted by molar-refractivity contribution is -0.133. The van der Waals surface area contributed by atoms with Gasteiger partial charge in [-0.3, -0.25) is 4.79 Å². The molecule has 2 rings (SSSR count). The van der Waals surface area contributed by atoms with Crippen molar-refractivity contribution in [3.8, 4) is 0 Å². The van der Waals surface area contributed by atoms with E-state index in [1.165, 1.54) is 24.8 Å². The van der Waals surface area contributed by atoms with Crippen LogP contribution in [0.5, 0.6) is 0 Å². The number of unbranched alkanes of at least 4 members (excludes halogenated alkanes) is 1. The lowest BCUT2D eigenvalue weighted by Gasteiger charge is -2.32. The number of hydrogen-bond donors (Lipinski definition) is 2. The molecular formula is C27H47NO3S. The number of aliphatic hydroxyl groups is 2. The molecule has 0 heterocycles. The Balaban J connectivity index is 1.76. The van der Waals surface area contributed by atoms with Crippen LogP contribution in [0.25, 0.3) is 0 Å². The summed E-state index contributed by atoms with van der Waals surface area (Å²) in [7, 11) is 1.88. The average molecular weight is 466 g/mol. The van der Waals surface area contributed by atoms with E-state index in [1.54, 1.807) is 0 Å². The number of fused-ring (bicyclic) bond motifs is 1. The standard InChI is InChI=1S/C27H47NO3S/c1-7-8-9-19(2)14-22(29)10-11-23-24-16-20(15-21(24)17-25(23)30)18-32-13-12-26(31)28(6)27(3,4)5/h10-11,15,19,21-25,29-30H,7-9,12-14,16-18H2,1-6H3/b11-10+/t19-,21-,22+,23+,24-,25+/m0/s1. The Hall–Kier alpha value is -0.780. The maximum Gasteiger partial charge on any atom is 0.223 e. The van der Waals surface area contributed by atoms with Crippen LogP contribution in [0.2, 0.25) is 0 Å². The lowest BCUT2D eigenvalue weighted by atomic mass is 9.88. The van der Waals surface area contributed by atoms with Gasteiger partial charge in [-0.2, -0.15) is 11.8 Å². The molecule has 0 spiro atoms. The van der Waals surface area contributed by atoms with E-state index in [0.29, 0.717) is 24.2 Å². The molecule has 0 aromatic carbocycles. The quantitative estimate of drug-likeness (QED) is 0.297. The normalized spacial score (nSPS) is 27.4. The molecule has 0 aromatic heterocycles. The topological polar surface area (TPSA) is 60.8 Å². The van der Waals surface area contributed by atoms with E-state index in [4.69, 9.17) is 0 Å². The van der Waals surface area contributed by atoms with Gasteiger partial charge in [-0.25, -0.2) is 0 Å². The third kappa shape index (κ3) is 8.22. The molecule has 1 amide bonds. The summed E-state index contributed by atoms with van der Waals surface area (Å²) in [5.74, 6) is 3.60. The minimum absolute atomic E-state index is 0.127. The zero-order valence-electron chi connectivity index (χ0n) is 21.2. The molecule has 0 aliphatic heterocycles. The van der Waals surface area contributed by atoms with Crippen molar-refractivity contribution < 1.29 is 15.0 Å². The highest BCUT2D eigenvalue weighted by Crippen LogP contribution is 2.47. The van der Waals surface area contributed by atoms with Gasteiger partial charge in [0.2, 0.25) is 5.91 Å². The fraction of sp³-hybridized carbons (Fsp3) is 0.815. The molecule has 32 heavy (non-hydrogen) atoms. The predicted molar refractivity (Wildman–Crippen MR) is 137 cm³/mol. The number of amides is 1. The van der Waals surface area contributed by atoms with Crippen LogP contribution >= 0.6 is 11.8 Å². The Morgan fingerprint density at radius 3 is 2.75 bits per heavy atom. The van der Waals surface area contributed by atoms with Crippen LogP contribution in [0.1, 0.15) is 79.6 Å². The van der Waals surface area contributed by atoms with E-state index in [1.807, 2.05) is 29.8 Å². The van der Waals surface area contributed by atoms with E-state index < -0.39 is 6.10 Å². The molecule has 0 radical (unpaired) electrons. The van der Waals surface area contributed by atoms with Crippen LogP contribution in [-0.2, 0) is 4.79 Å². The van der Waals surface area contributed by atoms with Gasteiger partial charge in [-0.05, 0) is 57.8 Å². The molecule has 5 heteroatoms. The summed E-state index contributed by atoms with van der Waals surface area (Å²) in [4.78, 5) is 14.1. The highest BCUT2D eigenvalue weighted by Gasteiger charge is 2.43. The molecule has 0 aromatic rings. The SMILES string of the molecule is CCCC[C@H](C)C[C@H](O)/C=C/[C@@H]1[C@H]2CC(CSCCC(=O)N(C)C(C)(C)C)=C[C@H]2C[C@H]1O. The number of aliphatic hydroxyl groups excluding tert-OH is 2. The molecular weight excluding hydrogens is 418 g/mol. The van der Waals surface area contributed by atoms with Gasteiger partial charge >= 0.3 is 0 Å². The highest BCUT2D eigenvalue weighted by atomic mass is 32.2. The van der Waals surface area contributed by atoms with Crippen molar-refractivity contribution in [3.05, 3.63) is 23.8 Å². The molecule has 0 unspecified atom stereocenters. The Morgan fingerprint density at radius 1 is 1.38 bits per heavy atom. The number of nitrogens with zero attached hydrogens (tertiary/aromatic N) is 1. The summed E-state index contributed by atoms with van der Waals surface area (Å²) in [6.45, 7) is 10.6. The smallest absolute Gasteiger partial charge is 0.223 e. The largest absolute Gasteiger partial charge is 0.392 e. The van der Waals surface area contributed by atoms with E-state index >= 15 is 0 Å². The van der Waals surface area contributed by atoms with Gasteiger partial charge in [-0.15, -0.1) is 0 Å². The molecule has 2 N–H and O–H groups in total. The summed E-state index contributed by atoms with van der Waals surface area (Å²) in [5.41, 5.74) is 1.33. The molecule has 0 bridgehead atoms. The maximum absolute atomic E-state index is 12.3. The monoisotopic (exact) mass is 465 g/mol. The van der Waals surface area contributed by atoms with Crippen LogP contribution in [-0.4, -0.2) is 57.3 Å². The minimum Gasteiger partial charge on any atom is -0.392 e. The van der Waals surface area contributed by atoms with Gasteiger partial charge in [0, 0.05) is 36.4 Å². The van der Waals surface area contributed by atoms with Gasteiger partial charge < -0.3 is 15.1 Å². The van der Waals surface area contributed by atoms with Gasteiger partial charge in [0.25, 0.3) is 0 Å². The van der Waals surface area contributed by atoms with Gasteiger partial charge in [-0.1, -0.05) is 56.9 Å². The van der Waals surface area contributed by atoms with Gasteiger partial charge in [0.1, 0.15) is 0 Å². The average Bonchev–Trinajstić information content (AvgIpc) is 3.22. The van der Waals surface area contributed by atoms with Crippen molar-refractivity contribution >= 4 is 17.7 Å². The molecule has 6 atom stereocenters. The third-order valence-corrected chi connectivity index (χ3v) is 8.40. The van der Waals surface area contributed by atoms with Crippen LogP contribution in [0.4, 0.5) is 0 Å². The number of hydrogen-bond acceptors (Lipinski definition) is 4. The summed E-state index contributed by atoms with van der Waals surface area (Å²) in [5, 5.41) is 21.0. The first-order chi connectivity index (χ1) is 15.0. The van der Waals surface area contributed by atoms with Crippen LogP contribution in [0, 0.1) is 23.7 Å². The van der Waals surface area contributed by atoms with E-state index in [2.05, 4.69) is 46.8 Å². The molecule has 1 saturated carbocycles. The fourth-order valence-electron chi connectivity index (χ4n) is 5.03.